The van der Waals surface area contributed by atoms with Gasteiger partial charge in [0.2, 0.25) is 0 Å². The van der Waals surface area contributed by atoms with E-state index in [1.165, 1.54) is 6.07 Å². The number of rotatable bonds is 2. The van der Waals surface area contributed by atoms with E-state index in [2.05, 4.69) is 12.2 Å². The maximum atomic E-state index is 12.1. The van der Waals surface area contributed by atoms with Gasteiger partial charge in [-0.05, 0) is 37.8 Å². The highest BCUT2D eigenvalue weighted by Gasteiger charge is 2.21. The van der Waals surface area contributed by atoms with Crippen molar-refractivity contribution in [2.45, 2.75) is 26.7 Å². The fraction of sp³-hybridized carbons (Fsp3) is 0.500. The molecule has 0 saturated carbocycles. The summed E-state index contributed by atoms with van der Waals surface area (Å²) in [6, 6.07) is 4.48. The van der Waals surface area contributed by atoms with Gasteiger partial charge in [0, 0.05) is 30.4 Å². The third-order valence-electron chi connectivity index (χ3n) is 3.59. The number of aryl methyl sites for hydroxylation is 1. The predicted octanol–water partition coefficient (Wildman–Crippen LogP) is 3.17. The number of carbonyl (C=O) groups is 1. The van der Waals surface area contributed by atoms with Gasteiger partial charge in [0.1, 0.15) is 0 Å². The molecule has 2 amide bonds. The molecule has 1 atom stereocenters. The zero-order valence-electron chi connectivity index (χ0n) is 11.8. The molecule has 108 valence electrons. The molecule has 1 aliphatic rings. The minimum absolute atomic E-state index is 0.0644. The Morgan fingerprint density at radius 3 is 2.85 bits per heavy atom. The molecule has 1 fully saturated rings. The summed E-state index contributed by atoms with van der Waals surface area (Å²) in [4.78, 5) is 24.2. The summed E-state index contributed by atoms with van der Waals surface area (Å²) >= 11 is 0. The van der Waals surface area contributed by atoms with Crippen LogP contribution in [-0.4, -0.2) is 28.9 Å². The fourth-order valence-corrected chi connectivity index (χ4v) is 2.51. The van der Waals surface area contributed by atoms with E-state index in [9.17, 15) is 14.9 Å². The van der Waals surface area contributed by atoms with E-state index in [0.29, 0.717) is 17.2 Å². The maximum absolute atomic E-state index is 12.1. The Bertz CT molecular complexity index is 530. The van der Waals surface area contributed by atoms with E-state index < -0.39 is 4.92 Å². The van der Waals surface area contributed by atoms with Crippen molar-refractivity contribution in [1.82, 2.24) is 4.90 Å². The van der Waals surface area contributed by atoms with Gasteiger partial charge in [0.25, 0.3) is 5.69 Å². The number of urea groups is 1. The van der Waals surface area contributed by atoms with Gasteiger partial charge in [-0.3, -0.25) is 10.1 Å². The van der Waals surface area contributed by atoms with Crippen LogP contribution in [0.3, 0.4) is 0 Å². The number of carbonyl (C=O) groups excluding carboxylic acids is 1. The van der Waals surface area contributed by atoms with Crippen LogP contribution in [0.4, 0.5) is 16.2 Å². The Balaban J connectivity index is 2.04. The van der Waals surface area contributed by atoms with Crippen LogP contribution in [-0.2, 0) is 0 Å². The number of nitrogens with zero attached hydrogens (tertiary/aromatic N) is 2. The standard InChI is InChI=1S/C14H19N3O3/c1-10-4-3-7-16(9-10)14(18)15-12-5-6-13(17(19)20)11(2)8-12/h5-6,8,10H,3-4,7,9H2,1-2H3,(H,15,18). The highest BCUT2D eigenvalue weighted by atomic mass is 16.6. The summed E-state index contributed by atoms with van der Waals surface area (Å²) in [5, 5.41) is 13.6. The maximum Gasteiger partial charge on any atom is 0.321 e. The van der Waals surface area contributed by atoms with Gasteiger partial charge >= 0.3 is 6.03 Å². The van der Waals surface area contributed by atoms with Crippen LogP contribution in [0.25, 0.3) is 0 Å². The van der Waals surface area contributed by atoms with Gasteiger partial charge in [-0.25, -0.2) is 4.79 Å². The second kappa shape index (κ2) is 5.90. The summed E-state index contributed by atoms with van der Waals surface area (Å²) < 4.78 is 0. The van der Waals surface area contributed by atoms with Crippen molar-refractivity contribution in [2.24, 2.45) is 5.92 Å². The van der Waals surface area contributed by atoms with E-state index in [1.807, 2.05) is 0 Å². The number of nitro benzene ring substituents is 1. The van der Waals surface area contributed by atoms with Gasteiger partial charge in [-0.1, -0.05) is 6.92 Å². The molecule has 20 heavy (non-hydrogen) atoms. The molecule has 0 aromatic heterocycles. The van der Waals surface area contributed by atoms with Crippen LogP contribution in [0.2, 0.25) is 0 Å². The monoisotopic (exact) mass is 277 g/mol. The molecule has 1 unspecified atom stereocenters. The SMILES string of the molecule is Cc1cc(NC(=O)N2CCCC(C)C2)ccc1[N+](=O)[O-]. The molecule has 1 saturated heterocycles. The smallest absolute Gasteiger partial charge is 0.321 e. The average molecular weight is 277 g/mol. The molecule has 1 aromatic carbocycles. The largest absolute Gasteiger partial charge is 0.324 e. The number of benzene rings is 1. The summed E-state index contributed by atoms with van der Waals surface area (Å²) in [7, 11) is 0. The predicted molar refractivity (Wildman–Crippen MR) is 76.8 cm³/mol. The number of nitro groups is 1. The van der Waals surface area contributed by atoms with E-state index in [1.54, 1.807) is 24.0 Å². The molecular weight excluding hydrogens is 258 g/mol. The van der Waals surface area contributed by atoms with E-state index >= 15 is 0 Å². The Morgan fingerprint density at radius 1 is 1.50 bits per heavy atom. The third kappa shape index (κ3) is 3.26. The number of anilines is 1. The van der Waals surface area contributed by atoms with Crippen LogP contribution in [0, 0.1) is 23.0 Å². The minimum atomic E-state index is -0.423. The van der Waals surface area contributed by atoms with Crippen LogP contribution < -0.4 is 5.32 Å². The van der Waals surface area contributed by atoms with Crippen LogP contribution in [0.15, 0.2) is 18.2 Å². The van der Waals surface area contributed by atoms with Crippen molar-refractivity contribution >= 4 is 17.4 Å². The lowest BCUT2D eigenvalue weighted by Crippen LogP contribution is -2.41. The molecule has 1 aliphatic heterocycles. The molecule has 6 nitrogen and oxygen atoms in total. The molecule has 1 heterocycles. The molecule has 2 rings (SSSR count). The van der Waals surface area contributed by atoms with Crippen molar-refractivity contribution in [2.75, 3.05) is 18.4 Å². The molecule has 0 spiro atoms. The molecule has 6 heteroatoms. The molecule has 0 radical (unpaired) electrons. The number of nitrogens with one attached hydrogen (secondary N) is 1. The molecule has 1 aromatic rings. The van der Waals surface area contributed by atoms with Crippen molar-refractivity contribution < 1.29 is 9.72 Å². The number of likely N-dealkylation sites (tertiary alicyclic amines) is 1. The van der Waals surface area contributed by atoms with Crippen LogP contribution in [0.1, 0.15) is 25.3 Å². The fourth-order valence-electron chi connectivity index (χ4n) is 2.51. The van der Waals surface area contributed by atoms with Crippen molar-refractivity contribution in [1.29, 1.82) is 0 Å². The first kappa shape index (κ1) is 14.3. The number of hydrogen-bond acceptors (Lipinski definition) is 3. The third-order valence-corrected chi connectivity index (χ3v) is 3.59. The zero-order chi connectivity index (χ0) is 14.7. The lowest BCUT2D eigenvalue weighted by atomic mass is 10.0. The minimum Gasteiger partial charge on any atom is -0.324 e. The first-order chi connectivity index (χ1) is 9.47. The normalized spacial score (nSPS) is 18.7. The lowest BCUT2D eigenvalue weighted by molar-refractivity contribution is -0.385. The van der Waals surface area contributed by atoms with E-state index in [0.717, 1.165) is 25.9 Å². The summed E-state index contributed by atoms with van der Waals surface area (Å²) in [5.41, 5.74) is 1.20. The van der Waals surface area contributed by atoms with Gasteiger partial charge in [-0.15, -0.1) is 0 Å². The van der Waals surface area contributed by atoms with Gasteiger partial charge in [-0.2, -0.15) is 0 Å². The van der Waals surface area contributed by atoms with Crippen molar-refractivity contribution in [3.63, 3.8) is 0 Å². The second-order valence-electron chi connectivity index (χ2n) is 5.38. The highest BCUT2D eigenvalue weighted by Crippen LogP contribution is 2.22. The van der Waals surface area contributed by atoms with Crippen molar-refractivity contribution in [3.8, 4) is 0 Å². The Labute approximate surface area is 117 Å². The van der Waals surface area contributed by atoms with Crippen LogP contribution in [0.5, 0.6) is 0 Å². The molecule has 0 aliphatic carbocycles. The Hall–Kier alpha value is -2.11. The molecule has 0 bridgehead atoms. The molecule has 1 N–H and O–H groups in total. The van der Waals surface area contributed by atoms with E-state index in [-0.39, 0.29) is 11.7 Å². The summed E-state index contributed by atoms with van der Waals surface area (Å²) in [6.45, 7) is 5.33. The van der Waals surface area contributed by atoms with Gasteiger partial charge < -0.3 is 10.2 Å². The Morgan fingerprint density at radius 2 is 2.25 bits per heavy atom. The zero-order valence-corrected chi connectivity index (χ0v) is 11.8. The Kier molecular flexibility index (Phi) is 4.22. The first-order valence-corrected chi connectivity index (χ1v) is 6.78. The second-order valence-corrected chi connectivity index (χ2v) is 5.38. The summed E-state index contributed by atoms with van der Waals surface area (Å²) in [6.07, 6.45) is 2.17. The summed E-state index contributed by atoms with van der Waals surface area (Å²) in [5.74, 6) is 0.521. The number of amides is 2. The first-order valence-electron chi connectivity index (χ1n) is 6.78. The molecular formula is C14H19N3O3. The van der Waals surface area contributed by atoms with Gasteiger partial charge in [0.15, 0.2) is 0 Å². The topological polar surface area (TPSA) is 75.5 Å². The number of piperidine rings is 1. The number of hydrogen-bond donors (Lipinski definition) is 1. The van der Waals surface area contributed by atoms with Crippen LogP contribution >= 0.6 is 0 Å². The quantitative estimate of drug-likeness (QED) is 0.666. The average Bonchev–Trinajstić information content (AvgIpc) is 2.38. The van der Waals surface area contributed by atoms with Crippen molar-refractivity contribution in [3.05, 3.63) is 33.9 Å². The lowest BCUT2D eigenvalue weighted by Gasteiger charge is -2.30. The van der Waals surface area contributed by atoms with Gasteiger partial charge in [0.05, 0.1) is 4.92 Å². The van der Waals surface area contributed by atoms with E-state index in [4.69, 9.17) is 0 Å². The highest BCUT2D eigenvalue weighted by molar-refractivity contribution is 5.89.